The number of ether oxygens (including phenoxy) is 2. The smallest absolute Gasteiger partial charge is 0.217 e. The molecule has 122 valence electrons. The van der Waals surface area contributed by atoms with Crippen LogP contribution in [0, 0.1) is 0 Å². The van der Waals surface area contributed by atoms with Crippen molar-refractivity contribution in [3.8, 4) is 0 Å². The predicted octanol–water partition coefficient (Wildman–Crippen LogP) is 3.62. The number of rotatable bonds is 5. The second-order valence-electron chi connectivity index (χ2n) is 5.69. The van der Waals surface area contributed by atoms with E-state index in [2.05, 4.69) is 45.8 Å². The molecule has 0 bridgehead atoms. The van der Waals surface area contributed by atoms with Crippen molar-refractivity contribution in [1.82, 2.24) is 14.6 Å². The number of thiazole rings is 1. The molecular weight excluding hydrogens is 330 g/mol. The highest BCUT2D eigenvalue weighted by atomic mass is 32.2. The summed E-state index contributed by atoms with van der Waals surface area (Å²) in [5.41, 5.74) is 1.08. The molecule has 2 aromatic heterocycles. The largest absolute Gasteiger partial charge is 0.381 e. The van der Waals surface area contributed by atoms with Crippen molar-refractivity contribution in [2.75, 3.05) is 25.6 Å². The van der Waals surface area contributed by atoms with Gasteiger partial charge >= 0.3 is 0 Å². The fourth-order valence-corrected chi connectivity index (χ4v) is 5.22. The van der Waals surface area contributed by atoms with E-state index in [4.69, 9.17) is 9.47 Å². The van der Waals surface area contributed by atoms with Crippen molar-refractivity contribution in [1.29, 1.82) is 0 Å². The van der Waals surface area contributed by atoms with E-state index < -0.39 is 0 Å². The average molecular weight is 349 g/mol. The SMILES string of the molecule is CCOC1(CSc2nnc3sc4ccccc4n23)CCOCC1. The summed E-state index contributed by atoms with van der Waals surface area (Å²) in [5.74, 6) is 0.884. The summed E-state index contributed by atoms with van der Waals surface area (Å²) >= 11 is 3.41. The lowest BCUT2D eigenvalue weighted by atomic mass is 9.96. The maximum absolute atomic E-state index is 6.09. The number of thioether (sulfide) groups is 1. The van der Waals surface area contributed by atoms with Crippen LogP contribution in [0.25, 0.3) is 15.2 Å². The van der Waals surface area contributed by atoms with Gasteiger partial charge in [-0.15, -0.1) is 10.2 Å². The second kappa shape index (κ2) is 6.39. The van der Waals surface area contributed by atoms with Gasteiger partial charge in [-0.2, -0.15) is 0 Å². The molecule has 5 nitrogen and oxygen atoms in total. The van der Waals surface area contributed by atoms with Gasteiger partial charge in [0.05, 0.1) is 15.8 Å². The highest BCUT2D eigenvalue weighted by molar-refractivity contribution is 7.99. The zero-order valence-corrected chi connectivity index (χ0v) is 14.7. The maximum atomic E-state index is 6.09. The molecule has 1 saturated heterocycles. The number of fused-ring (bicyclic) bond motifs is 3. The quantitative estimate of drug-likeness (QED) is 0.659. The highest BCUT2D eigenvalue weighted by Crippen LogP contribution is 2.34. The molecular formula is C16H19N3O2S2. The average Bonchev–Trinajstić information content (AvgIpc) is 3.13. The van der Waals surface area contributed by atoms with Gasteiger partial charge in [0.1, 0.15) is 0 Å². The normalized spacial score (nSPS) is 18.0. The Labute approximate surface area is 143 Å². The molecule has 0 radical (unpaired) electrons. The van der Waals surface area contributed by atoms with Crippen LogP contribution >= 0.6 is 23.1 Å². The van der Waals surface area contributed by atoms with Crippen LogP contribution in [0.1, 0.15) is 19.8 Å². The van der Waals surface area contributed by atoms with E-state index in [1.54, 1.807) is 23.1 Å². The third-order valence-electron chi connectivity index (χ3n) is 4.23. The Morgan fingerprint density at radius 2 is 2.13 bits per heavy atom. The van der Waals surface area contributed by atoms with Gasteiger partial charge in [-0.05, 0) is 19.1 Å². The van der Waals surface area contributed by atoms with Gasteiger partial charge in [0.25, 0.3) is 0 Å². The minimum Gasteiger partial charge on any atom is -0.381 e. The molecule has 3 heterocycles. The summed E-state index contributed by atoms with van der Waals surface area (Å²) < 4.78 is 15.0. The van der Waals surface area contributed by atoms with Crippen molar-refractivity contribution in [3.05, 3.63) is 24.3 Å². The topological polar surface area (TPSA) is 48.7 Å². The zero-order chi connectivity index (χ0) is 15.7. The first-order valence-corrected chi connectivity index (χ1v) is 9.69. The number of hydrogen-bond acceptors (Lipinski definition) is 6. The Morgan fingerprint density at radius 3 is 2.96 bits per heavy atom. The molecule has 0 atom stereocenters. The van der Waals surface area contributed by atoms with Gasteiger partial charge in [-0.1, -0.05) is 35.2 Å². The van der Waals surface area contributed by atoms with Crippen LogP contribution in [0.2, 0.25) is 0 Å². The van der Waals surface area contributed by atoms with Crippen LogP contribution in [0.3, 0.4) is 0 Å². The number of nitrogens with zero attached hydrogens (tertiary/aromatic N) is 3. The Hall–Kier alpha value is -1.15. The zero-order valence-electron chi connectivity index (χ0n) is 13.0. The summed E-state index contributed by atoms with van der Waals surface area (Å²) in [4.78, 5) is 0.950. The van der Waals surface area contributed by atoms with Crippen LogP contribution in [-0.4, -0.2) is 45.8 Å². The molecule has 1 aromatic carbocycles. The molecule has 3 aromatic rings. The summed E-state index contributed by atoms with van der Waals surface area (Å²) in [6.07, 6.45) is 1.89. The highest BCUT2D eigenvalue weighted by Gasteiger charge is 2.34. The lowest BCUT2D eigenvalue weighted by Gasteiger charge is -2.36. The molecule has 1 fully saturated rings. The Bertz CT molecular complexity index is 802. The lowest BCUT2D eigenvalue weighted by Crippen LogP contribution is -2.41. The number of hydrogen-bond donors (Lipinski definition) is 0. The first kappa shape index (κ1) is 15.4. The first-order chi connectivity index (χ1) is 11.3. The van der Waals surface area contributed by atoms with E-state index in [-0.39, 0.29) is 5.60 Å². The van der Waals surface area contributed by atoms with Crippen LogP contribution in [0.15, 0.2) is 29.4 Å². The fourth-order valence-electron chi connectivity index (χ4n) is 3.02. The van der Waals surface area contributed by atoms with E-state index in [0.717, 1.165) is 48.5 Å². The number of para-hydroxylation sites is 1. The van der Waals surface area contributed by atoms with Crippen molar-refractivity contribution in [2.24, 2.45) is 0 Å². The van der Waals surface area contributed by atoms with Crippen molar-refractivity contribution in [3.63, 3.8) is 0 Å². The Kier molecular flexibility index (Phi) is 4.27. The lowest BCUT2D eigenvalue weighted by molar-refractivity contribution is -0.0918. The summed E-state index contributed by atoms with van der Waals surface area (Å²) in [7, 11) is 0. The van der Waals surface area contributed by atoms with E-state index in [1.807, 2.05) is 0 Å². The van der Waals surface area contributed by atoms with Gasteiger partial charge < -0.3 is 9.47 Å². The van der Waals surface area contributed by atoms with Crippen LogP contribution < -0.4 is 0 Å². The molecule has 0 saturated carbocycles. The standard InChI is InChI=1S/C16H19N3O2S2/c1-2-21-16(7-9-20-10-8-16)11-22-14-17-18-15-19(14)12-5-3-4-6-13(12)23-15/h3-6H,2,7-11H2,1H3. The van der Waals surface area contributed by atoms with Crippen molar-refractivity contribution < 1.29 is 9.47 Å². The number of aromatic nitrogens is 3. The molecule has 1 aliphatic rings. The van der Waals surface area contributed by atoms with Crippen molar-refractivity contribution in [2.45, 2.75) is 30.5 Å². The van der Waals surface area contributed by atoms with Crippen LogP contribution in [0.5, 0.6) is 0 Å². The van der Waals surface area contributed by atoms with Crippen LogP contribution in [0.4, 0.5) is 0 Å². The Morgan fingerprint density at radius 1 is 1.30 bits per heavy atom. The molecule has 0 unspecified atom stereocenters. The molecule has 0 amide bonds. The molecule has 0 N–H and O–H groups in total. The van der Waals surface area contributed by atoms with E-state index in [9.17, 15) is 0 Å². The first-order valence-electron chi connectivity index (χ1n) is 7.88. The summed E-state index contributed by atoms with van der Waals surface area (Å²) in [6.45, 7) is 4.34. The van der Waals surface area contributed by atoms with Gasteiger partial charge in [0, 0.05) is 38.4 Å². The third-order valence-corrected chi connectivity index (χ3v) is 6.43. The molecule has 4 rings (SSSR count). The summed E-state index contributed by atoms with van der Waals surface area (Å²) in [5, 5.41) is 9.66. The third kappa shape index (κ3) is 2.87. The van der Waals surface area contributed by atoms with Gasteiger partial charge in [-0.3, -0.25) is 4.40 Å². The predicted molar refractivity (Wildman–Crippen MR) is 93.5 cm³/mol. The second-order valence-corrected chi connectivity index (χ2v) is 7.64. The van der Waals surface area contributed by atoms with Crippen molar-refractivity contribution >= 4 is 38.3 Å². The molecule has 1 aliphatic heterocycles. The molecule has 23 heavy (non-hydrogen) atoms. The summed E-state index contributed by atoms with van der Waals surface area (Å²) in [6, 6.07) is 8.37. The van der Waals surface area contributed by atoms with E-state index in [0.29, 0.717) is 0 Å². The minimum absolute atomic E-state index is 0.102. The number of benzene rings is 1. The van der Waals surface area contributed by atoms with Gasteiger partial charge in [0.15, 0.2) is 5.16 Å². The maximum Gasteiger partial charge on any atom is 0.217 e. The van der Waals surface area contributed by atoms with E-state index in [1.165, 1.54) is 10.2 Å². The van der Waals surface area contributed by atoms with Crippen LogP contribution in [-0.2, 0) is 9.47 Å². The van der Waals surface area contributed by atoms with E-state index >= 15 is 0 Å². The van der Waals surface area contributed by atoms with Gasteiger partial charge in [-0.25, -0.2) is 0 Å². The van der Waals surface area contributed by atoms with Gasteiger partial charge in [0.2, 0.25) is 4.96 Å². The molecule has 0 spiro atoms. The molecule has 0 aliphatic carbocycles. The monoisotopic (exact) mass is 349 g/mol. The fraction of sp³-hybridized carbons (Fsp3) is 0.500. The Balaban J connectivity index is 1.62. The molecule has 7 heteroatoms. The minimum atomic E-state index is -0.102.